The van der Waals surface area contributed by atoms with E-state index in [1.165, 1.54) is 24.5 Å². The molecule has 26 heavy (non-hydrogen) atoms. The van der Waals surface area contributed by atoms with Crippen LogP contribution in [0.25, 0.3) is 10.9 Å². The van der Waals surface area contributed by atoms with Crippen molar-refractivity contribution in [2.75, 3.05) is 11.9 Å². The third-order valence-electron chi connectivity index (χ3n) is 3.60. The Hall–Kier alpha value is -2.71. The Bertz CT molecular complexity index is 968. The van der Waals surface area contributed by atoms with E-state index in [2.05, 4.69) is 37.8 Å². The lowest BCUT2D eigenvalue weighted by molar-refractivity contribution is 0.142. The van der Waals surface area contributed by atoms with E-state index in [1.54, 1.807) is 18.2 Å². The summed E-state index contributed by atoms with van der Waals surface area (Å²) in [7, 11) is 0. The monoisotopic (exact) mass is 419 g/mol. The largest absolute Gasteiger partial charge is 0.504 e. The van der Waals surface area contributed by atoms with Crippen LogP contribution in [0.5, 0.6) is 11.5 Å². The predicted molar refractivity (Wildman–Crippen MR) is 100 cm³/mol. The molecule has 0 saturated carbocycles. The molecule has 0 aliphatic rings. The fraction of sp³-hybridized carbons (Fsp3) is 0.111. The van der Waals surface area contributed by atoms with Gasteiger partial charge >= 0.3 is 0 Å². The average Bonchev–Trinajstić information content (AvgIpc) is 2.64. The van der Waals surface area contributed by atoms with E-state index >= 15 is 0 Å². The fourth-order valence-electron chi connectivity index (χ4n) is 2.26. The first-order valence-electron chi connectivity index (χ1n) is 7.61. The second-order valence-corrected chi connectivity index (χ2v) is 6.25. The summed E-state index contributed by atoms with van der Waals surface area (Å²) < 4.78 is 19.9. The van der Waals surface area contributed by atoms with Gasteiger partial charge in [0.25, 0.3) is 0 Å². The number of phenols is 1. The van der Waals surface area contributed by atoms with Crippen molar-refractivity contribution in [2.24, 2.45) is 0 Å². The van der Waals surface area contributed by atoms with Crippen LogP contribution in [-0.4, -0.2) is 32.9 Å². The molecule has 1 aromatic heterocycles. The maximum absolute atomic E-state index is 14.2. The van der Waals surface area contributed by atoms with Gasteiger partial charge in [-0.15, -0.1) is 6.58 Å². The number of aromatic nitrogens is 2. The van der Waals surface area contributed by atoms with Crippen LogP contribution in [0.3, 0.4) is 0 Å². The number of halogens is 2. The highest BCUT2D eigenvalue weighted by atomic mass is 79.9. The normalized spacial score (nSPS) is 12.0. The summed E-state index contributed by atoms with van der Waals surface area (Å²) in [6.45, 7) is 3.40. The van der Waals surface area contributed by atoms with Crippen molar-refractivity contribution in [3.8, 4) is 11.5 Å². The highest BCUT2D eigenvalue weighted by Gasteiger charge is 2.13. The molecule has 1 unspecified atom stereocenters. The fourth-order valence-corrected chi connectivity index (χ4v) is 2.62. The first-order chi connectivity index (χ1) is 12.5. The van der Waals surface area contributed by atoms with Crippen LogP contribution in [0.15, 0.2) is 53.8 Å². The van der Waals surface area contributed by atoms with E-state index in [1.807, 2.05) is 0 Å². The minimum Gasteiger partial charge on any atom is -0.504 e. The molecule has 8 heteroatoms. The summed E-state index contributed by atoms with van der Waals surface area (Å²) >= 11 is 3.13. The Kier molecular flexibility index (Phi) is 5.34. The van der Waals surface area contributed by atoms with Crippen LogP contribution in [0.2, 0.25) is 0 Å². The number of rotatable bonds is 6. The molecule has 0 fully saturated rings. The molecule has 0 aliphatic carbocycles. The van der Waals surface area contributed by atoms with Crippen molar-refractivity contribution in [3.63, 3.8) is 0 Å². The van der Waals surface area contributed by atoms with Crippen molar-refractivity contribution < 1.29 is 19.3 Å². The van der Waals surface area contributed by atoms with Gasteiger partial charge in [0.1, 0.15) is 24.9 Å². The van der Waals surface area contributed by atoms with Crippen LogP contribution >= 0.6 is 15.9 Å². The molecule has 1 atom stereocenters. The molecular formula is C18H15BrFN3O3. The summed E-state index contributed by atoms with van der Waals surface area (Å²) in [5.74, 6) is -0.111. The highest BCUT2D eigenvalue weighted by Crippen LogP contribution is 2.34. The van der Waals surface area contributed by atoms with Crippen LogP contribution in [0.4, 0.5) is 15.9 Å². The molecule has 134 valence electrons. The average molecular weight is 420 g/mol. The highest BCUT2D eigenvalue weighted by molar-refractivity contribution is 9.10. The van der Waals surface area contributed by atoms with Gasteiger partial charge in [-0.25, -0.2) is 14.4 Å². The van der Waals surface area contributed by atoms with Gasteiger partial charge in [-0.1, -0.05) is 12.1 Å². The predicted octanol–water partition coefficient (Wildman–Crippen LogP) is 3.91. The first kappa shape index (κ1) is 18.1. The maximum atomic E-state index is 14.2. The van der Waals surface area contributed by atoms with Gasteiger partial charge in [-0.3, -0.25) is 0 Å². The number of anilines is 2. The molecule has 0 spiro atoms. The molecule has 6 nitrogen and oxygen atoms in total. The van der Waals surface area contributed by atoms with Gasteiger partial charge < -0.3 is 20.3 Å². The Morgan fingerprint density at radius 1 is 1.35 bits per heavy atom. The van der Waals surface area contributed by atoms with E-state index < -0.39 is 11.9 Å². The zero-order chi connectivity index (χ0) is 18.7. The lowest BCUT2D eigenvalue weighted by Gasteiger charge is -2.13. The van der Waals surface area contributed by atoms with Crippen LogP contribution in [-0.2, 0) is 0 Å². The lowest BCUT2D eigenvalue weighted by Crippen LogP contribution is -2.14. The molecular weight excluding hydrogens is 405 g/mol. The second-order valence-electron chi connectivity index (χ2n) is 5.40. The lowest BCUT2D eigenvalue weighted by atomic mass is 10.2. The number of aliphatic hydroxyl groups is 1. The number of fused-ring (bicyclic) bond motifs is 1. The van der Waals surface area contributed by atoms with E-state index in [4.69, 9.17) is 4.74 Å². The van der Waals surface area contributed by atoms with E-state index in [0.29, 0.717) is 21.2 Å². The summed E-state index contributed by atoms with van der Waals surface area (Å²) in [5.41, 5.74) is 0.715. The van der Waals surface area contributed by atoms with Crippen LogP contribution < -0.4 is 10.1 Å². The number of ether oxygens (including phenoxy) is 1. The minimum atomic E-state index is -0.854. The van der Waals surface area contributed by atoms with E-state index in [-0.39, 0.29) is 23.8 Å². The molecule has 0 radical (unpaired) electrons. The number of phenolic OH excluding ortho intramolecular Hbond substituents is 1. The number of nitrogens with zero attached hydrogens (tertiary/aromatic N) is 2. The number of nitrogens with one attached hydrogen (secondary N) is 1. The summed E-state index contributed by atoms with van der Waals surface area (Å²) in [6.07, 6.45) is 1.79. The second kappa shape index (κ2) is 7.67. The minimum absolute atomic E-state index is 0.0536. The third-order valence-corrected chi connectivity index (χ3v) is 4.21. The van der Waals surface area contributed by atoms with Crippen molar-refractivity contribution in [1.29, 1.82) is 0 Å². The Morgan fingerprint density at radius 2 is 2.15 bits per heavy atom. The van der Waals surface area contributed by atoms with Crippen molar-refractivity contribution in [1.82, 2.24) is 9.97 Å². The Balaban J connectivity index is 1.96. The molecule has 3 rings (SSSR count). The summed E-state index contributed by atoms with van der Waals surface area (Å²) in [5, 5.41) is 23.1. The molecule has 0 bridgehead atoms. The Labute approximate surface area is 157 Å². The molecule has 2 aromatic carbocycles. The van der Waals surface area contributed by atoms with E-state index in [0.717, 1.165) is 0 Å². The smallest absolute Gasteiger partial charge is 0.163 e. The number of aliphatic hydroxyl groups excluding tert-OH is 1. The standard InChI is InChI=1S/C18H15BrFN3O3/c1-2-10(24)8-26-16-7-14-11(6-15(16)25)18(22-9-21-14)23-13-5-3-4-12(19)17(13)20/h2-7,9-10,24-25H,1,8H2,(H,21,22,23). The molecule has 0 amide bonds. The Morgan fingerprint density at radius 3 is 2.92 bits per heavy atom. The zero-order valence-electron chi connectivity index (χ0n) is 13.5. The molecule has 1 heterocycles. The quantitative estimate of drug-likeness (QED) is 0.525. The molecule has 0 aliphatic heterocycles. The SMILES string of the molecule is C=CC(O)COc1cc2ncnc(Nc3cccc(Br)c3F)c2cc1O. The maximum Gasteiger partial charge on any atom is 0.163 e. The van der Waals surface area contributed by atoms with Crippen LogP contribution in [0, 0.1) is 5.82 Å². The molecule has 0 saturated heterocycles. The number of aromatic hydroxyl groups is 1. The van der Waals surface area contributed by atoms with Gasteiger partial charge in [-0.2, -0.15) is 0 Å². The first-order valence-corrected chi connectivity index (χ1v) is 8.41. The topological polar surface area (TPSA) is 87.5 Å². The number of benzene rings is 2. The van der Waals surface area contributed by atoms with Crippen molar-refractivity contribution in [2.45, 2.75) is 6.10 Å². The van der Waals surface area contributed by atoms with Gasteiger partial charge in [0, 0.05) is 11.5 Å². The van der Waals surface area contributed by atoms with Crippen LogP contribution in [0.1, 0.15) is 0 Å². The summed E-state index contributed by atoms with van der Waals surface area (Å²) in [6, 6.07) is 7.79. The van der Waals surface area contributed by atoms with Gasteiger partial charge in [0.15, 0.2) is 17.3 Å². The van der Waals surface area contributed by atoms with Gasteiger partial charge in [0.2, 0.25) is 0 Å². The van der Waals surface area contributed by atoms with E-state index in [9.17, 15) is 14.6 Å². The zero-order valence-corrected chi connectivity index (χ0v) is 15.1. The van der Waals surface area contributed by atoms with Crippen molar-refractivity contribution >= 4 is 38.3 Å². The molecule has 3 N–H and O–H groups in total. The van der Waals surface area contributed by atoms with Gasteiger partial charge in [-0.05, 0) is 34.1 Å². The number of hydrogen-bond donors (Lipinski definition) is 3. The van der Waals surface area contributed by atoms with Crippen molar-refractivity contribution in [3.05, 3.63) is 59.6 Å². The van der Waals surface area contributed by atoms with Gasteiger partial charge in [0.05, 0.1) is 15.7 Å². The molecule has 3 aromatic rings. The third kappa shape index (κ3) is 3.76. The number of hydrogen-bond acceptors (Lipinski definition) is 6. The summed E-state index contributed by atoms with van der Waals surface area (Å²) in [4.78, 5) is 8.27.